The third-order valence-electron chi connectivity index (χ3n) is 12.5. The number of nitrogens with one attached hydrogen (secondary N) is 4. The minimum absolute atomic E-state index is 0.0181. The molecule has 2 aliphatic rings. The van der Waals surface area contributed by atoms with Crippen molar-refractivity contribution in [2.45, 2.75) is 111 Å². The summed E-state index contributed by atoms with van der Waals surface area (Å²) < 4.78 is 13.6. The van der Waals surface area contributed by atoms with E-state index in [9.17, 15) is 29.5 Å². The lowest BCUT2D eigenvalue weighted by Gasteiger charge is -2.63. The standard InChI is InChI=1S/C49H62ClN9O7/c1-47(2,3)41(44(64)58-27-36(60)23-39(58)43(63)54-26-31-11-18-35(19-12-31)59-30-52-29-55-59)56-40(61)28-65-22-10-8-9-21-53-34-16-13-32(14-17-34)42(62)57-45-48(4,5)46(49(45,6)7)66-37-20-15-33(25-51)38(50)24-37/h11-20,24,29-30,36,39,41,45-46,53,60H,8-10,21-23,26-28H2,1-7H3,(H,54,63)(H,56,61)(H,57,62)/t36-,39+,41-,45?,46?/m1/s1. The molecule has 0 spiro atoms. The predicted octanol–water partition coefficient (Wildman–Crippen LogP) is 5.81. The van der Waals surface area contributed by atoms with Crippen LogP contribution in [0.2, 0.25) is 5.02 Å². The molecule has 0 radical (unpaired) electrons. The molecule has 17 heteroatoms. The number of benzene rings is 3. The molecule has 352 valence electrons. The minimum Gasteiger partial charge on any atom is -0.489 e. The molecule has 16 nitrogen and oxygen atoms in total. The molecular weight excluding hydrogens is 862 g/mol. The van der Waals surface area contributed by atoms with E-state index < -0.39 is 35.4 Å². The maximum Gasteiger partial charge on any atom is 0.251 e. The number of anilines is 1. The molecule has 1 saturated heterocycles. The van der Waals surface area contributed by atoms with Crippen LogP contribution in [0.3, 0.4) is 0 Å². The van der Waals surface area contributed by atoms with E-state index in [1.807, 2.05) is 57.2 Å². The van der Waals surface area contributed by atoms with E-state index in [4.69, 9.17) is 21.1 Å². The molecule has 6 rings (SSSR count). The first-order valence-corrected chi connectivity index (χ1v) is 22.8. The zero-order chi connectivity index (χ0) is 47.8. The second kappa shape index (κ2) is 21.1. The smallest absolute Gasteiger partial charge is 0.251 e. The fraction of sp³-hybridized carbons (Fsp3) is 0.490. The molecule has 3 atom stereocenters. The summed E-state index contributed by atoms with van der Waals surface area (Å²) in [4.78, 5) is 59.0. The fourth-order valence-corrected chi connectivity index (χ4v) is 9.40. The van der Waals surface area contributed by atoms with Crippen LogP contribution in [0.4, 0.5) is 5.69 Å². The van der Waals surface area contributed by atoms with Crippen LogP contribution in [-0.2, 0) is 25.7 Å². The van der Waals surface area contributed by atoms with Crippen LogP contribution in [0.5, 0.6) is 5.75 Å². The van der Waals surface area contributed by atoms with Gasteiger partial charge in [0.2, 0.25) is 17.7 Å². The maximum atomic E-state index is 13.9. The van der Waals surface area contributed by atoms with Gasteiger partial charge in [0.25, 0.3) is 5.91 Å². The average molecular weight is 925 g/mol. The first kappa shape index (κ1) is 49.4. The molecule has 1 aromatic heterocycles. The molecule has 1 aliphatic heterocycles. The van der Waals surface area contributed by atoms with Crippen LogP contribution in [-0.4, -0.2) is 105 Å². The van der Waals surface area contributed by atoms with Crippen molar-refractivity contribution in [3.05, 3.63) is 101 Å². The third kappa shape index (κ3) is 11.9. The van der Waals surface area contributed by atoms with E-state index in [0.717, 1.165) is 36.2 Å². The van der Waals surface area contributed by atoms with Gasteiger partial charge in [0.1, 0.15) is 49.3 Å². The highest BCUT2D eigenvalue weighted by molar-refractivity contribution is 6.31. The van der Waals surface area contributed by atoms with Crippen LogP contribution in [0.15, 0.2) is 79.4 Å². The number of rotatable bonds is 19. The summed E-state index contributed by atoms with van der Waals surface area (Å²) in [7, 11) is 0. The van der Waals surface area contributed by atoms with Crippen molar-refractivity contribution in [1.82, 2.24) is 35.6 Å². The van der Waals surface area contributed by atoms with Crippen LogP contribution in [0.1, 0.15) is 95.6 Å². The number of halogens is 1. The molecule has 5 N–H and O–H groups in total. The van der Waals surface area contributed by atoms with Crippen molar-refractivity contribution in [2.75, 3.05) is 31.6 Å². The molecular formula is C49H62ClN9O7. The van der Waals surface area contributed by atoms with Crippen molar-refractivity contribution in [3.8, 4) is 17.5 Å². The molecule has 0 unspecified atom stereocenters. The number of hydrogen-bond donors (Lipinski definition) is 5. The number of unbranched alkanes of at least 4 members (excludes halogenated alkanes) is 2. The molecule has 66 heavy (non-hydrogen) atoms. The maximum absolute atomic E-state index is 13.9. The van der Waals surface area contributed by atoms with Gasteiger partial charge in [-0.15, -0.1) is 0 Å². The molecule has 2 heterocycles. The van der Waals surface area contributed by atoms with E-state index in [0.29, 0.717) is 35.1 Å². The lowest BCUT2D eigenvalue weighted by Crippen LogP contribution is -2.74. The highest BCUT2D eigenvalue weighted by Gasteiger charge is 2.64. The average Bonchev–Trinajstić information content (AvgIpc) is 3.97. The lowest BCUT2D eigenvalue weighted by atomic mass is 9.49. The van der Waals surface area contributed by atoms with Gasteiger partial charge in [-0.1, -0.05) is 72.2 Å². The van der Waals surface area contributed by atoms with Crippen LogP contribution in [0, 0.1) is 27.6 Å². The van der Waals surface area contributed by atoms with Gasteiger partial charge in [0.05, 0.1) is 22.4 Å². The molecule has 3 aromatic carbocycles. The lowest BCUT2D eigenvalue weighted by molar-refractivity contribution is -0.164. The first-order chi connectivity index (χ1) is 31.3. The van der Waals surface area contributed by atoms with Crippen molar-refractivity contribution >= 4 is 40.9 Å². The van der Waals surface area contributed by atoms with Gasteiger partial charge in [-0.3, -0.25) is 19.2 Å². The molecule has 4 amide bonds. The molecule has 4 aromatic rings. The van der Waals surface area contributed by atoms with Gasteiger partial charge >= 0.3 is 0 Å². The van der Waals surface area contributed by atoms with E-state index >= 15 is 0 Å². The number of nitriles is 1. The van der Waals surface area contributed by atoms with Crippen LogP contribution >= 0.6 is 11.6 Å². The number of carbonyl (C=O) groups excluding carboxylic acids is 4. The van der Waals surface area contributed by atoms with Gasteiger partial charge < -0.3 is 40.7 Å². The Morgan fingerprint density at radius 2 is 1.70 bits per heavy atom. The Kier molecular flexibility index (Phi) is 15.8. The molecule has 2 fully saturated rings. The Balaban J connectivity index is 0.875. The van der Waals surface area contributed by atoms with Gasteiger partial charge in [0, 0.05) is 66.9 Å². The normalized spacial score (nSPS) is 20.0. The number of aliphatic hydroxyl groups excluding tert-OH is 1. The summed E-state index contributed by atoms with van der Waals surface area (Å²) in [5.41, 5.74) is 2.05. The second-order valence-corrected chi connectivity index (χ2v) is 19.8. The quantitative estimate of drug-likeness (QED) is 0.0708. The molecule has 1 saturated carbocycles. The number of hydrogen-bond acceptors (Lipinski definition) is 11. The number of β-amino-alcohol motifs (C(OH)–C–C–N with tert-alkyl or cyclic N) is 1. The number of amides is 4. The van der Waals surface area contributed by atoms with Crippen LogP contribution < -0.4 is 26.0 Å². The monoisotopic (exact) mass is 923 g/mol. The summed E-state index contributed by atoms with van der Waals surface area (Å²) in [6.45, 7) is 14.8. The van der Waals surface area contributed by atoms with E-state index in [-0.39, 0.29) is 60.9 Å². The number of ether oxygens (including phenoxy) is 2. The van der Waals surface area contributed by atoms with Crippen molar-refractivity contribution in [3.63, 3.8) is 0 Å². The summed E-state index contributed by atoms with van der Waals surface area (Å²) in [6.07, 6.45) is 4.48. The number of carbonyl (C=O) groups is 4. The fourth-order valence-electron chi connectivity index (χ4n) is 9.19. The first-order valence-electron chi connectivity index (χ1n) is 22.4. The summed E-state index contributed by atoms with van der Waals surface area (Å²) >= 11 is 6.23. The predicted molar refractivity (Wildman–Crippen MR) is 250 cm³/mol. The highest BCUT2D eigenvalue weighted by Crippen LogP contribution is 2.55. The largest absolute Gasteiger partial charge is 0.489 e. The Hall–Kier alpha value is -6.02. The van der Waals surface area contributed by atoms with Gasteiger partial charge in [0.15, 0.2) is 0 Å². The zero-order valence-corrected chi connectivity index (χ0v) is 39.5. The van der Waals surface area contributed by atoms with Crippen molar-refractivity contribution in [1.29, 1.82) is 5.26 Å². The summed E-state index contributed by atoms with van der Waals surface area (Å²) in [6, 6.07) is 19.9. The highest BCUT2D eigenvalue weighted by atomic mass is 35.5. The third-order valence-corrected chi connectivity index (χ3v) is 12.8. The van der Waals surface area contributed by atoms with E-state index in [1.165, 1.54) is 11.2 Å². The van der Waals surface area contributed by atoms with Gasteiger partial charge in [-0.05, 0) is 78.8 Å². The molecule has 1 aliphatic carbocycles. The topological polar surface area (TPSA) is 213 Å². The Bertz CT molecular complexity index is 2340. The Morgan fingerprint density at radius 1 is 0.985 bits per heavy atom. The van der Waals surface area contributed by atoms with Gasteiger partial charge in [-0.25, -0.2) is 9.67 Å². The Morgan fingerprint density at radius 3 is 2.33 bits per heavy atom. The minimum atomic E-state index is -0.953. The van der Waals surface area contributed by atoms with Gasteiger partial charge in [-0.2, -0.15) is 10.4 Å². The number of aliphatic hydroxyl groups is 1. The van der Waals surface area contributed by atoms with E-state index in [2.05, 4.69) is 65.1 Å². The number of likely N-dealkylation sites (tertiary alicyclic amines) is 1. The van der Waals surface area contributed by atoms with Crippen molar-refractivity contribution in [2.24, 2.45) is 16.2 Å². The summed E-state index contributed by atoms with van der Waals surface area (Å²) in [5, 5.41) is 36.5. The van der Waals surface area contributed by atoms with Crippen molar-refractivity contribution < 1.29 is 33.8 Å². The van der Waals surface area contributed by atoms with Crippen LogP contribution in [0.25, 0.3) is 5.69 Å². The zero-order valence-electron chi connectivity index (χ0n) is 38.8. The van der Waals surface area contributed by atoms with E-state index in [1.54, 1.807) is 41.3 Å². The number of aromatic nitrogens is 3. The molecule has 0 bridgehead atoms. The summed E-state index contributed by atoms with van der Waals surface area (Å²) in [5.74, 6) is -0.856. The second-order valence-electron chi connectivity index (χ2n) is 19.4. The Labute approximate surface area is 391 Å². The number of nitrogens with zero attached hydrogens (tertiary/aromatic N) is 5. The SMILES string of the molecule is CC1(C)C(NC(=O)c2ccc(NCCCCCOCC(=O)N[C@H](C(=O)N3C[C@H](O)C[C@H]3C(=O)NCc3ccc(-n4cncn4)cc3)C(C)(C)C)cc2)C(C)(C)C1Oc1ccc(C#N)c(Cl)c1.